The van der Waals surface area contributed by atoms with Crippen LogP contribution in [0.3, 0.4) is 0 Å². The average molecular weight is 532 g/mol. The zero-order valence-corrected chi connectivity index (χ0v) is 25.6. The topological polar surface area (TPSA) is 18.5 Å². The highest BCUT2D eigenvalue weighted by Gasteiger charge is 2.34. The van der Waals surface area contributed by atoms with Gasteiger partial charge in [-0.1, -0.05) is 102 Å². The molecule has 2 aliphatic rings. The van der Waals surface area contributed by atoms with E-state index in [9.17, 15) is 4.39 Å². The molecule has 0 spiro atoms. The van der Waals surface area contributed by atoms with Crippen LogP contribution in [-0.4, -0.2) is 23.1 Å². The van der Waals surface area contributed by atoms with E-state index in [2.05, 4.69) is 86.0 Å². The van der Waals surface area contributed by atoms with E-state index in [0.29, 0.717) is 5.92 Å². The summed E-state index contributed by atoms with van der Waals surface area (Å²) >= 11 is 0. The van der Waals surface area contributed by atoms with Gasteiger partial charge < -0.3 is 10.2 Å². The molecule has 3 unspecified atom stereocenters. The van der Waals surface area contributed by atoms with Gasteiger partial charge in [-0.05, 0) is 61.4 Å². The van der Waals surface area contributed by atoms with Crippen LogP contribution in [0, 0.1) is 17.7 Å². The maximum atomic E-state index is 14.7. The number of halogens is 1. The van der Waals surface area contributed by atoms with E-state index < -0.39 is 0 Å². The fourth-order valence-electron chi connectivity index (χ4n) is 5.85. The Morgan fingerprint density at radius 3 is 2.23 bits per heavy atom. The number of allylic oxidation sites excluding steroid dienone is 4. The Kier molecular flexibility index (Phi) is 12.3. The lowest BCUT2D eigenvalue weighted by atomic mass is 9.79. The summed E-state index contributed by atoms with van der Waals surface area (Å²) in [6.07, 6.45) is 5.58. The molecule has 3 nitrogen and oxygen atoms in total. The molecule has 39 heavy (non-hydrogen) atoms. The van der Waals surface area contributed by atoms with Crippen LogP contribution in [-0.2, 0) is 19.5 Å². The van der Waals surface area contributed by atoms with Gasteiger partial charge in [-0.3, -0.25) is 4.90 Å². The zero-order valence-electron chi connectivity index (χ0n) is 25.6. The minimum atomic E-state index is -0.214. The molecule has 0 radical (unpaired) electrons. The standard InChI is InChI=1S/C31H38FN3.2C2H6/c1-8-11-21(4)29(20(2)3)22(5)14-15-24-16-27(32)17-28-23(6)34(7)31(33-30(24)28)35-18-25-12-9-10-13-26(25)19-35;2*1-2/h8-13,16-17,22,29,31,33H,1-2,6,14-15,18-19H2,3-5,7H3;2*1-2H3/b21-11-;;. The van der Waals surface area contributed by atoms with Gasteiger partial charge >= 0.3 is 0 Å². The largest absolute Gasteiger partial charge is 0.352 e. The Hall–Kier alpha value is -3.11. The highest BCUT2D eigenvalue weighted by Crippen LogP contribution is 2.39. The molecular weight excluding hydrogens is 481 g/mol. The molecule has 0 saturated carbocycles. The van der Waals surface area contributed by atoms with Crippen LogP contribution >= 0.6 is 0 Å². The van der Waals surface area contributed by atoms with E-state index in [-0.39, 0.29) is 18.0 Å². The predicted octanol–water partition coefficient (Wildman–Crippen LogP) is 9.40. The summed E-state index contributed by atoms with van der Waals surface area (Å²) in [5.41, 5.74) is 8.85. The number of anilines is 1. The first kappa shape index (κ1) is 32.1. The van der Waals surface area contributed by atoms with Crippen LogP contribution < -0.4 is 5.32 Å². The summed E-state index contributed by atoms with van der Waals surface area (Å²) in [5, 5.41) is 3.75. The molecule has 212 valence electrons. The SMILES string of the molecule is C=C/C=C(/C)C(C(=C)C)C(C)CCc1cc(F)cc2c1NC(N1Cc3ccccc3C1)N(C)C2=C.CC.CC. The van der Waals surface area contributed by atoms with Crippen molar-refractivity contribution in [1.82, 2.24) is 9.80 Å². The lowest BCUT2D eigenvalue weighted by molar-refractivity contribution is 0.118. The third-order valence-electron chi connectivity index (χ3n) is 7.61. The van der Waals surface area contributed by atoms with Crippen molar-refractivity contribution in [1.29, 1.82) is 0 Å². The van der Waals surface area contributed by atoms with Crippen molar-refractivity contribution in [3.8, 4) is 0 Å². The Morgan fingerprint density at radius 2 is 1.69 bits per heavy atom. The second-order valence-electron chi connectivity index (χ2n) is 10.2. The predicted molar refractivity (Wildman–Crippen MR) is 169 cm³/mol. The lowest BCUT2D eigenvalue weighted by Gasteiger charge is -2.43. The molecule has 4 rings (SSSR count). The van der Waals surface area contributed by atoms with Gasteiger partial charge in [-0.25, -0.2) is 4.39 Å². The van der Waals surface area contributed by atoms with Crippen molar-refractivity contribution in [2.75, 3.05) is 12.4 Å². The summed E-state index contributed by atoms with van der Waals surface area (Å²) in [5.74, 6) is 0.442. The van der Waals surface area contributed by atoms with Crippen molar-refractivity contribution in [3.05, 3.63) is 108 Å². The number of aryl methyl sites for hydroxylation is 1. The highest BCUT2D eigenvalue weighted by atomic mass is 19.1. The number of nitrogens with zero attached hydrogens (tertiary/aromatic N) is 2. The average Bonchev–Trinajstić information content (AvgIpc) is 3.36. The molecule has 0 saturated heterocycles. The maximum absolute atomic E-state index is 14.7. The van der Waals surface area contributed by atoms with E-state index in [1.54, 1.807) is 12.1 Å². The lowest BCUT2D eigenvalue weighted by Crippen LogP contribution is -2.51. The van der Waals surface area contributed by atoms with Crippen molar-refractivity contribution < 1.29 is 4.39 Å². The van der Waals surface area contributed by atoms with Gasteiger partial charge in [0.2, 0.25) is 0 Å². The van der Waals surface area contributed by atoms with E-state index in [0.717, 1.165) is 54.0 Å². The molecule has 2 aliphatic heterocycles. The van der Waals surface area contributed by atoms with Gasteiger partial charge in [0.25, 0.3) is 0 Å². The Morgan fingerprint density at radius 1 is 1.10 bits per heavy atom. The van der Waals surface area contributed by atoms with Crippen LogP contribution in [0.2, 0.25) is 0 Å². The molecule has 4 heteroatoms. The van der Waals surface area contributed by atoms with E-state index in [4.69, 9.17) is 0 Å². The van der Waals surface area contributed by atoms with Crippen molar-refractivity contribution in [2.45, 2.75) is 80.7 Å². The highest BCUT2D eigenvalue weighted by molar-refractivity contribution is 5.79. The summed E-state index contributed by atoms with van der Waals surface area (Å²) < 4.78 is 14.7. The number of fused-ring (bicyclic) bond motifs is 2. The van der Waals surface area contributed by atoms with Crippen LogP contribution in [0.1, 0.15) is 77.1 Å². The summed E-state index contributed by atoms with van der Waals surface area (Å²) in [6, 6.07) is 11.9. The molecule has 1 N–H and O–H groups in total. The number of hydrogen-bond donors (Lipinski definition) is 1. The monoisotopic (exact) mass is 531 g/mol. The van der Waals surface area contributed by atoms with Crippen molar-refractivity contribution in [2.24, 2.45) is 11.8 Å². The molecule has 2 aromatic rings. The molecule has 0 aromatic heterocycles. The molecular formula is C35H50FN3. The normalized spacial score (nSPS) is 17.9. The molecule has 2 aromatic carbocycles. The van der Waals surface area contributed by atoms with Gasteiger partial charge in [0.15, 0.2) is 6.29 Å². The molecule has 0 amide bonds. The molecule has 0 bridgehead atoms. The minimum absolute atomic E-state index is 0.0371. The number of nitrogens with one attached hydrogen (secondary N) is 1. The second-order valence-corrected chi connectivity index (χ2v) is 10.2. The van der Waals surface area contributed by atoms with Crippen LogP contribution in [0.4, 0.5) is 10.1 Å². The van der Waals surface area contributed by atoms with Gasteiger partial charge in [0, 0.05) is 43.0 Å². The first-order valence-corrected chi connectivity index (χ1v) is 14.5. The quantitative estimate of drug-likeness (QED) is 0.270. The van der Waals surface area contributed by atoms with E-state index >= 15 is 0 Å². The summed E-state index contributed by atoms with van der Waals surface area (Å²) in [4.78, 5) is 4.54. The zero-order chi connectivity index (χ0) is 29.3. The summed E-state index contributed by atoms with van der Waals surface area (Å²) in [7, 11) is 2.03. The van der Waals surface area contributed by atoms with Crippen LogP contribution in [0.5, 0.6) is 0 Å². The Bertz CT molecular complexity index is 1150. The molecule has 0 aliphatic carbocycles. The molecule has 2 heterocycles. The Labute approximate surface area is 237 Å². The van der Waals surface area contributed by atoms with Crippen molar-refractivity contribution >= 4 is 11.4 Å². The third kappa shape index (κ3) is 7.30. The fraction of sp³-hybridized carbons (Fsp3) is 0.429. The number of hydrogen-bond acceptors (Lipinski definition) is 3. The smallest absolute Gasteiger partial charge is 0.158 e. The van der Waals surface area contributed by atoms with Gasteiger partial charge in [0.05, 0.1) is 0 Å². The maximum Gasteiger partial charge on any atom is 0.158 e. The van der Waals surface area contributed by atoms with Gasteiger partial charge in [-0.15, -0.1) is 0 Å². The number of rotatable bonds is 8. The minimum Gasteiger partial charge on any atom is -0.352 e. The van der Waals surface area contributed by atoms with Gasteiger partial charge in [-0.2, -0.15) is 0 Å². The first-order chi connectivity index (χ1) is 18.7. The van der Waals surface area contributed by atoms with Crippen molar-refractivity contribution in [3.63, 3.8) is 0 Å². The first-order valence-electron chi connectivity index (χ1n) is 14.5. The second kappa shape index (κ2) is 14.9. The Balaban J connectivity index is 0.00000127. The summed E-state index contributed by atoms with van der Waals surface area (Å²) in [6.45, 7) is 28.7. The van der Waals surface area contributed by atoms with Gasteiger partial charge in [0.1, 0.15) is 5.82 Å². The fourth-order valence-corrected chi connectivity index (χ4v) is 5.85. The number of benzene rings is 2. The molecule has 3 atom stereocenters. The third-order valence-corrected chi connectivity index (χ3v) is 7.61. The van der Waals surface area contributed by atoms with Crippen LogP contribution in [0.15, 0.2) is 79.4 Å². The molecule has 0 fully saturated rings. The van der Waals surface area contributed by atoms with E-state index in [1.807, 2.05) is 40.8 Å². The van der Waals surface area contributed by atoms with Crippen LogP contribution in [0.25, 0.3) is 5.70 Å². The van der Waals surface area contributed by atoms with E-state index in [1.165, 1.54) is 16.7 Å².